The van der Waals surface area contributed by atoms with Gasteiger partial charge in [-0.2, -0.15) is 0 Å². The number of hydrogen-bond donors (Lipinski definition) is 0. The van der Waals surface area contributed by atoms with Crippen molar-refractivity contribution < 1.29 is 9.53 Å². The van der Waals surface area contributed by atoms with Crippen molar-refractivity contribution >= 4 is 28.5 Å². The van der Waals surface area contributed by atoms with E-state index < -0.39 is 5.97 Å². The average molecular weight is 250 g/mol. The predicted octanol–water partition coefficient (Wildman–Crippen LogP) is 3.24. The Kier molecular flexibility index (Phi) is 3.29. The lowest BCUT2D eigenvalue weighted by Gasteiger charge is -2.06. The fourth-order valence-corrected chi connectivity index (χ4v) is 1.96. The highest BCUT2D eigenvalue weighted by Gasteiger charge is 2.14. The van der Waals surface area contributed by atoms with Gasteiger partial charge in [-0.05, 0) is 24.1 Å². The molecule has 0 amide bonds. The third-order valence-electron chi connectivity index (χ3n) is 2.68. The summed E-state index contributed by atoms with van der Waals surface area (Å²) in [6, 6.07) is 5.86. The number of fused-ring (bicyclic) bond motifs is 1. The van der Waals surface area contributed by atoms with Gasteiger partial charge in [0.05, 0.1) is 23.2 Å². The highest BCUT2D eigenvalue weighted by Crippen LogP contribution is 2.27. The number of pyridine rings is 1. The standard InChI is InChI=1S/C13H12ClNO2/c1-3-8-4-5-11-9(6-8)12(14)10(7-15-11)13(16)17-2/h4-7H,3H2,1-2H3. The van der Waals surface area contributed by atoms with Crippen molar-refractivity contribution in [2.24, 2.45) is 0 Å². The summed E-state index contributed by atoms with van der Waals surface area (Å²) < 4.78 is 4.66. The van der Waals surface area contributed by atoms with E-state index in [1.54, 1.807) is 0 Å². The van der Waals surface area contributed by atoms with Crippen molar-refractivity contribution in [2.75, 3.05) is 7.11 Å². The van der Waals surface area contributed by atoms with Gasteiger partial charge in [-0.15, -0.1) is 0 Å². The first-order chi connectivity index (χ1) is 8.17. The Labute approximate surface area is 104 Å². The van der Waals surface area contributed by atoms with Gasteiger partial charge >= 0.3 is 5.97 Å². The molecule has 17 heavy (non-hydrogen) atoms. The summed E-state index contributed by atoms with van der Waals surface area (Å²) in [5, 5.41) is 1.19. The van der Waals surface area contributed by atoms with E-state index in [1.165, 1.54) is 13.3 Å². The van der Waals surface area contributed by atoms with E-state index in [0.717, 1.165) is 22.9 Å². The Morgan fingerprint density at radius 3 is 2.88 bits per heavy atom. The van der Waals surface area contributed by atoms with Gasteiger partial charge in [0.1, 0.15) is 0 Å². The molecule has 1 aromatic carbocycles. The fourth-order valence-electron chi connectivity index (χ4n) is 1.68. The Bertz CT molecular complexity index is 581. The Hall–Kier alpha value is -1.61. The van der Waals surface area contributed by atoms with Gasteiger partial charge in [-0.1, -0.05) is 24.6 Å². The second-order valence-electron chi connectivity index (χ2n) is 3.68. The van der Waals surface area contributed by atoms with Crippen LogP contribution in [-0.2, 0) is 11.2 Å². The third kappa shape index (κ3) is 2.11. The van der Waals surface area contributed by atoms with Gasteiger partial charge in [0, 0.05) is 11.6 Å². The van der Waals surface area contributed by atoms with Crippen molar-refractivity contribution in [3.8, 4) is 0 Å². The zero-order chi connectivity index (χ0) is 12.4. The molecule has 0 aliphatic rings. The number of methoxy groups -OCH3 is 1. The quantitative estimate of drug-likeness (QED) is 0.767. The molecule has 0 N–H and O–H groups in total. The number of carbonyl (C=O) groups excluding carboxylic acids is 1. The topological polar surface area (TPSA) is 39.2 Å². The summed E-state index contributed by atoms with van der Waals surface area (Å²) in [6.45, 7) is 2.06. The largest absolute Gasteiger partial charge is 0.465 e. The molecule has 0 spiro atoms. The number of nitrogens with zero attached hydrogens (tertiary/aromatic N) is 1. The summed E-state index contributed by atoms with van der Waals surface area (Å²) in [4.78, 5) is 15.7. The first-order valence-electron chi connectivity index (χ1n) is 5.32. The first-order valence-corrected chi connectivity index (χ1v) is 5.70. The van der Waals surface area contributed by atoms with Crippen LogP contribution in [0.3, 0.4) is 0 Å². The van der Waals surface area contributed by atoms with E-state index in [1.807, 2.05) is 18.2 Å². The lowest BCUT2D eigenvalue weighted by molar-refractivity contribution is 0.0600. The van der Waals surface area contributed by atoms with Crippen molar-refractivity contribution in [3.63, 3.8) is 0 Å². The van der Waals surface area contributed by atoms with E-state index in [4.69, 9.17) is 11.6 Å². The van der Waals surface area contributed by atoms with Crippen LogP contribution >= 0.6 is 11.6 Å². The summed E-state index contributed by atoms with van der Waals surface area (Å²) in [5.41, 5.74) is 2.23. The molecule has 0 unspecified atom stereocenters. The maximum absolute atomic E-state index is 11.5. The van der Waals surface area contributed by atoms with Crippen molar-refractivity contribution in [2.45, 2.75) is 13.3 Å². The number of esters is 1. The molecule has 0 bridgehead atoms. The highest BCUT2D eigenvalue weighted by molar-refractivity contribution is 6.38. The molecule has 1 aromatic heterocycles. The monoisotopic (exact) mass is 249 g/mol. The molecule has 0 fully saturated rings. The molecule has 0 radical (unpaired) electrons. The summed E-state index contributed by atoms with van der Waals surface area (Å²) >= 11 is 6.20. The molecule has 0 atom stereocenters. The van der Waals surface area contributed by atoms with E-state index >= 15 is 0 Å². The lowest BCUT2D eigenvalue weighted by atomic mass is 10.1. The van der Waals surface area contributed by atoms with Crippen LogP contribution < -0.4 is 0 Å². The van der Waals surface area contributed by atoms with Gasteiger partial charge in [0.15, 0.2) is 0 Å². The normalized spacial score (nSPS) is 10.5. The van der Waals surface area contributed by atoms with Crippen LogP contribution in [0.2, 0.25) is 5.02 Å². The van der Waals surface area contributed by atoms with E-state index in [0.29, 0.717) is 10.6 Å². The Morgan fingerprint density at radius 1 is 1.47 bits per heavy atom. The van der Waals surface area contributed by atoms with Crippen LogP contribution in [0.5, 0.6) is 0 Å². The first kappa shape index (κ1) is 11.9. The number of benzene rings is 1. The van der Waals surface area contributed by atoms with Gasteiger partial charge < -0.3 is 4.74 Å². The van der Waals surface area contributed by atoms with Crippen LogP contribution in [0.25, 0.3) is 10.9 Å². The maximum Gasteiger partial charge on any atom is 0.340 e. The Morgan fingerprint density at radius 2 is 2.24 bits per heavy atom. The Balaban J connectivity index is 2.68. The minimum Gasteiger partial charge on any atom is -0.465 e. The number of halogens is 1. The summed E-state index contributed by atoms with van der Waals surface area (Å²) in [5.74, 6) is -0.466. The molecule has 2 aromatic rings. The zero-order valence-electron chi connectivity index (χ0n) is 9.66. The van der Waals surface area contributed by atoms with Crippen LogP contribution in [0.15, 0.2) is 24.4 Å². The number of hydrogen-bond acceptors (Lipinski definition) is 3. The molecular formula is C13H12ClNO2. The number of ether oxygens (including phenoxy) is 1. The van der Waals surface area contributed by atoms with Crippen LogP contribution in [0.1, 0.15) is 22.8 Å². The van der Waals surface area contributed by atoms with Gasteiger partial charge in [0.2, 0.25) is 0 Å². The molecule has 2 rings (SSSR count). The van der Waals surface area contributed by atoms with Crippen molar-refractivity contribution in [1.82, 2.24) is 4.98 Å². The highest BCUT2D eigenvalue weighted by atomic mass is 35.5. The number of aromatic nitrogens is 1. The van der Waals surface area contributed by atoms with Crippen molar-refractivity contribution in [3.05, 3.63) is 40.5 Å². The summed E-state index contributed by atoms with van der Waals surface area (Å²) in [6.07, 6.45) is 2.36. The fraction of sp³-hybridized carbons (Fsp3) is 0.231. The maximum atomic E-state index is 11.5. The summed E-state index contributed by atoms with van der Waals surface area (Å²) in [7, 11) is 1.32. The van der Waals surface area contributed by atoms with Gasteiger partial charge in [-0.3, -0.25) is 4.98 Å². The molecule has 1 heterocycles. The molecule has 88 valence electrons. The van der Waals surface area contributed by atoms with Crippen molar-refractivity contribution in [1.29, 1.82) is 0 Å². The van der Waals surface area contributed by atoms with Crippen LogP contribution in [0, 0.1) is 0 Å². The minimum atomic E-state index is -0.466. The molecule has 0 saturated carbocycles. The van der Waals surface area contributed by atoms with E-state index in [-0.39, 0.29) is 0 Å². The van der Waals surface area contributed by atoms with E-state index in [2.05, 4.69) is 16.6 Å². The molecule has 0 aliphatic carbocycles. The molecule has 0 aliphatic heterocycles. The predicted molar refractivity (Wildman–Crippen MR) is 67.5 cm³/mol. The number of aryl methyl sites for hydroxylation is 1. The van der Waals surface area contributed by atoms with Gasteiger partial charge in [-0.25, -0.2) is 4.79 Å². The molecule has 0 saturated heterocycles. The van der Waals surface area contributed by atoms with Gasteiger partial charge in [0.25, 0.3) is 0 Å². The smallest absolute Gasteiger partial charge is 0.340 e. The number of rotatable bonds is 2. The van der Waals surface area contributed by atoms with Crippen LogP contribution in [-0.4, -0.2) is 18.1 Å². The minimum absolute atomic E-state index is 0.301. The zero-order valence-corrected chi connectivity index (χ0v) is 10.4. The molecule has 3 nitrogen and oxygen atoms in total. The number of carbonyl (C=O) groups is 1. The average Bonchev–Trinajstić information content (AvgIpc) is 2.38. The second-order valence-corrected chi connectivity index (χ2v) is 4.06. The lowest BCUT2D eigenvalue weighted by Crippen LogP contribution is -2.03. The second kappa shape index (κ2) is 4.72. The van der Waals surface area contributed by atoms with Crippen LogP contribution in [0.4, 0.5) is 0 Å². The SMILES string of the molecule is CCc1ccc2ncc(C(=O)OC)c(Cl)c2c1. The molecule has 4 heteroatoms. The van der Waals surface area contributed by atoms with E-state index in [9.17, 15) is 4.79 Å². The molecular weight excluding hydrogens is 238 g/mol. The third-order valence-corrected chi connectivity index (χ3v) is 3.09.